The highest BCUT2D eigenvalue weighted by molar-refractivity contribution is 5.81. The molecule has 32 heavy (non-hydrogen) atoms. The summed E-state index contributed by atoms with van der Waals surface area (Å²) in [7, 11) is 0. The predicted molar refractivity (Wildman–Crippen MR) is 127 cm³/mol. The summed E-state index contributed by atoms with van der Waals surface area (Å²) in [4.78, 5) is 19.1. The van der Waals surface area contributed by atoms with Gasteiger partial charge in [0, 0.05) is 50.5 Å². The second kappa shape index (κ2) is 12.3. The maximum Gasteiger partial charge on any atom is 0.223 e. The monoisotopic (exact) mass is 439 g/mol. The Morgan fingerprint density at radius 1 is 1.22 bits per heavy atom. The molecule has 2 N–H and O–H groups in total. The molecular formula is C25H37N5O2. The zero-order chi connectivity index (χ0) is 22.8. The molecule has 0 bridgehead atoms. The maximum atomic E-state index is 12.4. The normalized spacial score (nSPS) is 16.8. The fourth-order valence-corrected chi connectivity index (χ4v) is 4.16. The van der Waals surface area contributed by atoms with Gasteiger partial charge in [-0.05, 0) is 31.7 Å². The van der Waals surface area contributed by atoms with E-state index in [1.54, 1.807) is 0 Å². The third-order valence-electron chi connectivity index (χ3n) is 6.08. The molecule has 1 aromatic carbocycles. The van der Waals surface area contributed by atoms with Crippen molar-refractivity contribution in [3.05, 3.63) is 53.4 Å². The first-order valence-corrected chi connectivity index (χ1v) is 11.9. The predicted octanol–water partition coefficient (Wildman–Crippen LogP) is 3.72. The fraction of sp³-hybridized carbons (Fsp3) is 0.560. The van der Waals surface area contributed by atoms with Gasteiger partial charge in [-0.2, -0.15) is 0 Å². The van der Waals surface area contributed by atoms with Crippen LogP contribution < -0.4 is 10.6 Å². The molecule has 1 aliphatic rings. The first kappa shape index (κ1) is 23.8. The van der Waals surface area contributed by atoms with Crippen LogP contribution in [0.4, 0.5) is 0 Å². The number of carbonyl (C=O) groups is 1. The summed E-state index contributed by atoms with van der Waals surface area (Å²) in [6.45, 7) is 9.88. The summed E-state index contributed by atoms with van der Waals surface area (Å²) in [5, 5.41) is 10.9. The zero-order valence-electron chi connectivity index (χ0n) is 19.6. The average Bonchev–Trinajstić information content (AvgIpc) is 3.42. The smallest absolute Gasteiger partial charge is 0.223 e. The first-order chi connectivity index (χ1) is 15.6. The van der Waals surface area contributed by atoms with Crippen molar-refractivity contribution < 1.29 is 9.32 Å². The Morgan fingerprint density at radius 3 is 2.72 bits per heavy atom. The molecule has 0 aliphatic carbocycles. The van der Waals surface area contributed by atoms with Crippen molar-refractivity contribution in [2.75, 3.05) is 26.2 Å². The molecule has 1 unspecified atom stereocenters. The van der Waals surface area contributed by atoms with Gasteiger partial charge in [0.15, 0.2) is 11.7 Å². The van der Waals surface area contributed by atoms with E-state index in [2.05, 4.69) is 46.8 Å². The van der Waals surface area contributed by atoms with Gasteiger partial charge in [0.05, 0.1) is 5.69 Å². The summed E-state index contributed by atoms with van der Waals surface area (Å²) in [5.74, 6) is 2.47. The van der Waals surface area contributed by atoms with Crippen molar-refractivity contribution in [1.29, 1.82) is 0 Å². The standard InChI is InChI=1S/C25H37N5O2/c1-4-21(5-2)23-15-22(32-29-23)17-28-25(26-6-3)27-16-20-14-24(31)30(18-20)13-12-19-10-8-7-9-11-19/h7-11,15,20-21H,4-6,12-14,16-18H2,1-3H3,(H2,26,27,28). The van der Waals surface area contributed by atoms with Gasteiger partial charge in [0.1, 0.15) is 6.54 Å². The molecule has 2 aromatic rings. The van der Waals surface area contributed by atoms with Crippen molar-refractivity contribution in [3.8, 4) is 0 Å². The zero-order valence-corrected chi connectivity index (χ0v) is 19.6. The molecule has 2 heterocycles. The number of carbonyl (C=O) groups excluding carboxylic acids is 1. The Hall–Kier alpha value is -2.83. The van der Waals surface area contributed by atoms with Crippen LogP contribution in [0, 0.1) is 5.92 Å². The van der Waals surface area contributed by atoms with Crippen LogP contribution in [0.1, 0.15) is 63.0 Å². The van der Waals surface area contributed by atoms with Crippen LogP contribution in [0.15, 0.2) is 45.9 Å². The summed E-state index contributed by atoms with van der Waals surface area (Å²) in [6.07, 6.45) is 3.59. The molecule has 7 nitrogen and oxygen atoms in total. The van der Waals surface area contributed by atoms with E-state index in [0.29, 0.717) is 18.9 Å². The lowest BCUT2D eigenvalue weighted by Gasteiger charge is -2.17. The molecule has 1 aromatic heterocycles. The van der Waals surface area contributed by atoms with Gasteiger partial charge in [-0.15, -0.1) is 0 Å². The number of likely N-dealkylation sites (tertiary alicyclic amines) is 1. The summed E-state index contributed by atoms with van der Waals surface area (Å²) >= 11 is 0. The summed E-state index contributed by atoms with van der Waals surface area (Å²) < 4.78 is 5.48. The third-order valence-corrected chi connectivity index (χ3v) is 6.08. The molecule has 1 fully saturated rings. The number of nitrogens with one attached hydrogen (secondary N) is 2. The molecule has 1 amide bonds. The van der Waals surface area contributed by atoms with Crippen molar-refractivity contribution in [1.82, 2.24) is 20.7 Å². The average molecular weight is 440 g/mol. The molecule has 1 atom stereocenters. The number of aliphatic imine (C=N–C) groups is 1. The largest absolute Gasteiger partial charge is 0.359 e. The second-order valence-electron chi connectivity index (χ2n) is 8.45. The Bertz CT molecular complexity index is 860. The summed E-state index contributed by atoms with van der Waals surface area (Å²) in [6, 6.07) is 12.3. The number of rotatable bonds is 11. The van der Waals surface area contributed by atoms with Gasteiger partial charge in [-0.1, -0.05) is 49.3 Å². The number of aromatic nitrogens is 1. The molecule has 3 rings (SSSR count). The lowest BCUT2D eigenvalue weighted by atomic mass is 9.99. The maximum absolute atomic E-state index is 12.4. The van der Waals surface area contributed by atoms with E-state index in [-0.39, 0.29) is 11.8 Å². The highest BCUT2D eigenvalue weighted by atomic mass is 16.5. The van der Waals surface area contributed by atoms with Crippen molar-refractivity contribution >= 4 is 11.9 Å². The topological polar surface area (TPSA) is 82.8 Å². The second-order valence-corrected chi connectivity index (χ2v) is 8.45. The molecule has 0 radical (unpaired) electrons. The van der Waals surface area contributed by atoms with Gasteiger partial charge in [-0.25, -0.2) is 4.99 Å². The van der Waals surface area contributed by atoms with Crippen LogP contribution in [-0.2, 0) is 17.8 Å². The number of guanidine groups is 1. The highest BCUT2D eigenvalue weighted by Crippen LogP contribution is 2.22. The first-order valence-electron chi connectivity index (χ1n) is 11.9. The summed E-state index contributed by atoms with van der Waals surface area (Å²) in [5.41, 5.74) is 2.28. The highest BCUT2D eigenvalue weighted by Gasteiger charge is 2.29. The van der Waals surface area contributed by atoms with E-state index in [1.165, 1.54) is 5.56 Å². The van der Waals surface area contributed by atoms with Gasteiger partial charge in [-0.3, -0.25) is 4.79 Å². The molecule has 0 saturated carbocycles. The number of hydrogen-bond acceptors (Lipinski definition) is 4. The van der Waals surface area contributed by atoms with E-state index in [4.69, 9.17) is 4.52 Å². The van der Waals surface area contributed by atoms with Crippen molar-refractivity contribution in [2.24, 2.45) is 10.9 Å². The van der Waals surface area contributed by atoms with Crippen molar-refractivity contribution in [3.63, 3.8) is 0 Å². The van der Waals surface area contributed by atoms with Gasteiger partial charge in [0.25, 0.3) is 0 Å². The fourth-order valence-electron chi connectivity index (χ4n) is 4.16. The molecule has 1 aliphatic heterocycles. The van der Waals surface area contributed by atoms with E-state index >= 15 is 0 Å². The number of nitrogens with zero attached hydrogens (tertiary/aromatic N) is 3. The number of amides is 1. The van der Waals surface area contributed by atoms with E-state index < -0.39 is 0 Å². The van der Waals surface area contributed by atoms with Gasteiger partial charge < -0.3 is 20.1 Å². The Balaban J connectivity index is 1.48. The van der Waals surface area contributed by atoms with E-state index in [1.807, 2.05) is 36.1 Å². The SMILES string of the molecule is CCNC(=NCc1cc(C(CC)CC)no1)NCC1CC(=O)N(CCc2ccccc2)C1. The Kier molecular flexibility index (Phi) is 9.13. The Labute approximate surface area is 191 Å². The van der Waals surface area contributed by atoms with Gasteiger partial charge >= 0.3 is 0 Å². The Morgan fingerprint density at radius 2 is 2.00 bits per heavy atom. The minimum absolute atomic E-state index is 0.241. The number of benzene rings is 1. The molecule has 1 saturated heterocycles. The molecule has 7 heteroatoms. The van der Waals surface area contributed by atoms with Crippen molar-refractivity contribution in [2.45, 2.75) is 58.9 Å². The van der Waals surface area contributed by atoms with E-state index in [0.717, 1.165) is 62.9 Å². The lowest BCUT2D eigenvalue weighted by molar-refractivity contribution is -0.127. The third kappa shape index (κ3) is 6.84. The van der Waals surface area contributed by atoms with Crippen LogP contribution in [-0.4, -0.2) is 48.1 Å². The van der Waals surface area contributed by atoms with Crippen LogP contribution in [0.2, 0.25) is 0 Å². The lowest BCUT2D eigenvalue weighted by Crippen LogP contribution is -2.40. The van der Waals surface area contributed by atoms with E-state index in [9.17, 15) is 4.79 Å². The van der Waals surface area contributed by atoms with Crippen LogP contribution in [0.25, 0.3) is 0 Å². The minimum Gasteiger partial charge on any atom is -0.359 e. The van der Waals surface area contributed by atoms with Crippen LogP contribution in [0.5, 0.6) is 0 Å². The van der Waals surface area contributed by atoms with Gasteiger partial charge in [0.2, 0.25) is 5.91 Å². The number of hydrogen-bond donors (Lipinski definition) is 2. The molecule has 0 spiro atoms. The molecular weight excluding hydrogens is 402 g/mol. The quantitative estimate of drug-likeness (QED) is 0.412. The minimum atomic E-state index is 0.241. The van der Waals surface area contributed by atoms with Crippen LogP contribution in [0.3, 0.4) is 0 Å². The molecule has 174 valence electrons. The van der Waals surface area contributed by atoms with Crippen LogP contribution >= 0.6 is 0 Å².